The quantitative estimate of drug-likeness (QED) is 0.495. The summed E-state index contributed by atoms with van der Waals surface area (Å²) < 4.78 is 0. The summed E-state index contributed by atoms with van der Waals surface area (Å²) >= 11 is 0. The number of rotatable bonds is 7. The van der Waals surface area contributed by atoms with Gasteiger partial charge in [-0.1, -0.05) is 13.3 Å². The summed E-state index contributed by atoms with van der Waals surface area (Å²) in [6, 6.07) is -0.912. The van der Waals surface area contributed by atoms with Crippen LogP contribution in [0.4, 0.5) is 4.79 Å². The summed E-state index contributed by atoms with van der Waals surface area (Å²) in [6.45, 7) is 3.61. The van der Waals surface area contributed by atoms with Gasteiger partial charge < -0.3 is 16.2 Å². The van der Waals surface area contributed by atoms with Gasteiger partial charge in [0, 0.05) is 13.0 Å². The van der Waals surface area contributed by atoms with E-state index >= 15 is 0 Å². The maximum atomic E-state index is 11.1. The van der Waals surface area contributed by atoms with Crippen molar-refractivity contribution in [3.8, 4) is 0 Å². The highest BCUT2D eigenvalue weighted by Gasteiger charge is 2.31. The second-order valence-electron chi connectivity index (χ2n) is 3.98. The van der Waals surface area contributed by atoms with Gasteiger partial charge in [0.25, 0.3) is 0 Å². The van der Waals surface area contributed by atoms with Gasteiger partial charge in [0.2, 0.25) is 5.91 Å². The molecule has 0 aromatic heterocycles. The number of carbonyl (C=O) groups excluding carboxylic acids is 2. The van der Waals surface area contributed by atoms with Crippen LogP contribution in [0.25, 0.3) is 0 Å². The highest BCUT2D eigenvalue weighted by Crippen LogP contribution is 2.12. The molecule has 0 rings (SSSR count). The van der Waals surface area contributed by atoms with E-state index in [1.165, 1.54) is 0 Å². The van der Waals surface area contributed by atoms with E-state index in [9.17, 15) is 14.4 Å². The number of hydrogen-bond donors (Lipinski definition) is 4. The zero-order valence-electron chi connectivity index (χ0n) is 10.1. The zero-order valence-corrected chi connectivity index (χ0v) is 10.1. The molecule has 0 saturated heterocycles. The minimum absolute atomic E-state index is 0.00444. The molecule has 0 aromatic rings. The van der Waals surface area contributed by atoms with Crippen LogP contribution in [0.15, 0.2) is 0 Å². The molecule has 0 aliphatic heterocycles. The standard InChI is InChI=1S/C10H19N3O4/c1-3-5-10(2,8(15)16)12-6-4-7(14)13-9(11)17/h12H,3-6H2,1-2H3,(H,15,16)(H3,11,13,14,17). The van der Waals surface area contributed by atoms with Gasteiger partial charge in [0.05, 0.1) is 0 Å². The highest BCUT2D eigenvalue weighted by molar-refractivity contribution is 5.93. The molecule has 7 heteroatoms. The molecule has 0 aliphatic carbocycles. The minimum atomic E-state index is -1.05. The first-order valence-electron chi connectivity index (χ1n) is 5.39. The number of carboxylic acid groups (broad SMARTS) is 1. The Hall–Kier alpha value is -1.63. The van der Waals surface area contributed by atoms with Gasteiger partial charge in [-0.25, -0.2) is 4.79 Å². The Morgan fingerprint density at radius 1 is 1.35 bits per heavy atom. The van der Waals surface area contributed by atoms with E-state index in [0.717, 1.165) is 0 Å². The number of carbonyl (C=O) groups is 3. The van der Waals surface area contributed by atoms with Crippen molar-refractivity contribution in [2.45, 2.75) is 38.6 Å². The SMILES string of the molecule is CCCC(C)(NCCC(=O)NC(N)=O)C(=O)O. The number of nitrogens with two attached hydrogens (primary N) is 1. The van der Waals surface area contributed by atoms with Crippen LogP contribution in [0, 0.1) is 0 Å². The molecule has 0 saturated carbocycles. The summed E-state index contributed by atoms with van der Waals surface area (Å²) in [6.07, 6.45) is 1.17. The average molecular weight is 245 g/mol. The number of imide groups is 1. The predicted molar refractivity (Wildman–Crippen MR) is 61.3 cm³/mol. The third kappa shape index (κ3) is 5.86. The van der Waals surface area contributed by atoms with Crippen LogP contribution in [0.2, 0.25) is 0 Å². The lowest BCUT2D eigenvalue weighted by Crippen LogP contribution is -2.50. The third-order valence-electron chi connectivity index (χ3n) is 2.35. The molecular weight excluding hydrogens is 226 g/mol. The van der Waals surface area contributed by atoms with Crippen LogP contribution >= 0.6 is 0 Å². The molecule has 0 spiro atoms. The van der Waals surface area contributed by atoms with Crippen LogP contribution in [-0.4, -0.2) is 35.1 Å². The summed E-state index contributed by atoms with van der Waals surface area (Å²) in [4.78, 5) is 32.5. The van der Waals surface area contributed by atoms with Gasteiger partial charge in [0.1, 0.15) is 5.54 Å². The second-order valence-corrected chi connectivity index (χ2v) is 3.98. The van der Waals surface area contributed by atoms with E-state index < -0.39 is 23.4 Å². The first kappa shape index (κ1) is 15.4. The summed E-state index contributed by atoms with van der Waals surface area (Å²) in [5, 5.41) is 13.7. The minimum Gasteiger partial charge on any atom is -0.480 e. The van der Waals surface area contributed by atoms with E-state index in [4.69, 9.17) is 10.8 Å². The topological polar surface area (TPSA) is 122 Å². The third-order valence-corrected chi connectivity index (χ3v) is 2.35. The summed E-state index contributed by atoms with van der Waals surface area (Å²) in [5.74, 6) is -1.50. The van der Waals surface area contributed by atoms with Crippen LogP contribution in [-0.2, 0) is 9.59 Å². The largest absolute Gasteiger partial charge is 0.480 e. The van der Waals surface area contributed by atoms with E-state index in [1.54, 1.807) is 6.92 Å². The molecule has 7 nitrogen and oxygen atoms in total. The predicted octanol–water partition coefficient (Wildman–Crippen LogP) is -0.196. The Morgan fingerprint density at radius 3 is 2.35 bits per heavy atom. The fourth-order valence-electron chi connectivity index (χ4n) is 1.42. The molecule has 3 amide bonds. The maximum absolute atomic E-state index is 11.1. The van der Waals surface area contributed by atoms with E-state index in [1.807, 2.05) is 12.2 Å². The van der Waals surface area contributed by atoms with Gasteiger partial charge >= 0.3 is 12.0 Å². The van der Waals surface area contributed by atoms with Gasteiger partial charge in [-0.05, 0) is 13.3 Å². The van der Waals surface area contributed by atoms with Crippen molar-refractivity contribution in [2.24, 2.45) is 5.73 Å². The Morgan fingerprint density at radius 2 is 1.94 bits per heavy atom. The molecular formula is C10H19N3O4. The molecule has 0 aliphatic rings. The number of amides is 3. The number of primary amides is 1. The molecule has 0 bridgehead atoms. The highest BCUT2D eigenvalue weighted by atomic mass is 16.4. The van der Waals surface area contributed by atoms with Crippen molar-refractivity contribution in [1.82, 2.24) is 10.6 Å². The lowest BCUT2D eigenvalue weighted by molar-refractivity contribution is -0.144. The van der Waals surface area contributed by atoms with Gasteiger partial charge in [-0.2, -0.15) is 0 Å². The fraction of sp³-hybridized carbons (Fsp3) is 0.700. The second kappa shape index (κ2) is 6.85. The Kier molecular flexibility index (Phi) is 6.19. The van der Waals surface area contributed by atoms with Crippen molar-refractivity contribution >= 4 is 17.9 Å². The molecule has 5 N–H and O–H groups in total. The van der Waals surface area contributed by atoms with Gasteiger partial charge in [-0.3, -0.25) is 14.9 Å². The van der Waals surface area contributed by atoms with Crippen molar-refractivity contribution < 1.29 is 19.5 Å². The molecule has 0 heterocycles. The molecule has 1 atom stereocenters. The average Bonchev–Trinajstić information content (AvgIpc) is 2.16. The number of hydrogen-bond acceptors (Lipinski definition) is 4. The number of nitrogens with one attached hydrogen (secondary N) is 2. The van der Waals surface area contributed by atoms with Crippen molar-refractivity contribution in [3.63, 3.8) is 0 Å². The van der Waals surface area contributed by atoms with Crippen LogP contribution in [0.5, 0.6) is 0 Å². The van der Waals surface area contributed by atoms with Gasteiger partial charge in [-0.15, -0.1) is 0 Å². The van der Waals surface area contributed by atoms with Crippen molar-refractivity contribution in [2.75, 3.05) is 6.54 Å². The molecule has 0 aromatic carbocycles. The number of carboxylic acids is 1. The van der Waals surface area contributed by atoms with Gasteiger partial charge in [0.15, 0.2) is 0 Å². The Balaban J connectivity index is 4.11. The zero-order chi connectivity index (χ0) is 13.5. The lowest BCUT2D eigenvalue weighted by Gasteiger charge is -2.25. The first-order valence-corrected chi connectivity index (χ1v) is 5.39. The first-order chi connectivity index (χ1) is 7.81. The smallest absolute Gasteiger partial charge is 0.323 e. The lowest BCUT2D eigenvalue weighted by atomic mass is 9.96. The van der Waals surface area contributed by atoms with Crippen LogP contribution in [0.3, 0.4) is 0 Å². The Bertz CT molecular complexity index is 306. The molecule has 0 fully saturated rings. The molecule has 17 heavy (non-hydrogen) atoms. The van der Waals surface area contributed by atoms with Crippen LogP contribution < -0.4 is 16.4 Å². The number of urea groups is 1. The number of aliphatic carboxylic acids is 1. The Labute approximate surface area is 99.7 Å². The molecule has 0 radical (unpaired) electrons. The normalized spacial score (nSPS) is 13.8. The fourth-order valence-corrected chi connectivity index (χ4v) is 1.42. The van der Waals surface area contributed by atoms with E-state index in [-0.39, 0.29) is 13.0 Å². The monoisotopic (exact) mass is 245 g/mol. The molecule has 1 unspecified atom stereocenters. The molecule has 98 valence electrons. The summed E-state index contributed by atoms with van der Waals surface area (Å²) in [7, 11) is 0. The van der Waals surface area contributed by atoms with Crippen molar-refractivity contribution in [3.05, 3.63) is 0 Å². The van der Waals surface area contributed by atoms with E-state index in [0.29, 0.717) is 12.8 Å². The summed E-state index contributed by atoms with van der Waals surface area (Å²) in [5.41, 5.74) is 3.71. The van der Waals surface area contributed by atoms with Crippen molar-refractivity contribution in [1.29, 1.82) is 0 Å². The maximum Gasteiger partial charge on any atom is 0.323 e. The van der Waals surface area contributed by atoms with E-state index in [2.05, 4.69) is 5.32 Å². The van der Waals surface area contributed by atoms with Crippen LogP contribution in [0.1, 0.15) is 33.1 Å².